The normalized spacial score (nSPS) is 29.4. The van der Waals surface area contributed by atoms with E-state index in [9.17, 15) is 44.1 Å². The van der Waals surface area contributed by atoms with Crippen molar-refractivity contribution in [1.29, 1.82) is 0 Å². The summed E-state index contributed by atoms with van der Waals surface area (Å²) in [7, 11) is 0. The van der Waals surface area contributed by atoms with Gasteiger partial charge in [0, 0.05) is 40.7 Å². The number of aliphatic hydroxyl groups excluding tert-OH is 2. The third kappa shape index (κ3) is 10.9. The summed E-state index contributed by atoms with van der Waals surface area (Å²) < 4.78 is 48.7. The van der Waals surface area contributed by atoms with Gasteiger partial charge in [-0.3, -0.25) is 24.0 Å². The number of carbonyl (C=O) groups excluding carboxylic acids is 6. The van der Waals surface area contributed by atoms with Crippen LogP contribution in [-0.4, -0.2) is 126 Å². The molecule has 2 aliphatic heterocycles. The Morgan fingerprint density at radius 2 is 1.29 bits per heavy atom. The Kier molecular flexibility index (Phi) is 13.6. The van der Waals surface area contributed by atoms with E-state index in [1.807, 2.05) is 0 Å². The zero-order valence-electron chi connectivity index (χ0n) is 27.2. The van der Waals surface area contributed by atoms with Crippen molar-refractivity contribution in [2.24, 2.45) is 0 Å². The van der Waals surface area contributed by atoms with Gasteiger partial charge in [-0.25, -0.2) is 4.79 Å². The molecular weight excluding hydrogens is 660 g/mol. The number of aromatic hydroxyl groups is 1. The van der Waals surface area contributed by atoms with Gasteiger partial charge in [0.25, 0.3) is 0 Å². The van der Waals surface area contributed by atoms with E-state index in [2.05, 4.69) is 0 Å². The Morgan fingerprint density at radius 1 is 0.735 bits per heavy atom. The Labute approximate surface area is 279 Å². The number of aliphatic hydroxyl groups is 2. The van der Waals surface area contributed by atoms with Crippen molar-refractivity contribution in [2.75, 3.05) is 19.8 Å². The third-order valence-electron chi connectivity index (χ3n) is 6.94. The molecule has 0 saturated carbocycles. The first-order valence-electron chi connectivity index (χ1n) is 14.8. The highest BCUT2D eigenvalue weighted by atomic mass is 16.8. The molecule has 0 spiro atoms. The van der Waals surface area contributed by atoms with E-state index >= 15 is 0 Å². The van der Waals surface area contributed by atoms with Crippen molar-refractivity contribution >= 4 is 41.9 Å². The van der Waals surface area contributed by atoms with Crippen molar-refractivity contribution in [3.05, 3.63) is 35.9 Å². The predicted molar refractivity (Wildman–Crippen MR) is 157 cm³/mol. The first-order chi connectivity index (χ1) is 23.0. The van der Waals surface area contributed by atoms with Crippen LogP contribution in [0.4, 0.5) is 0 Å². The van der Waals surface area contributed by atoms with Crippen LogP contribution in [-0.2, 0) is 71.4 Å². The van der Waals surface area contributed by atoms with Crippen LogP contribution in [0, 0.1) is 0 Å². The van der Waals surface area contributed by atoms with Gasteiger partial charge in [0.1, 0.15) is 43.9 Å². The van der Waals surface area contributed by atoms with E-state index in [0.29, 0.717) is 5.56 Å². The zero-order chi connectivity index (χ0) is 36.5. The molecular formula is C31H38O18. The van der Waals surface area contributed by atoms with Gasteiger partial charge in [0.2, 0.25) is 5.79 Å². The SMILES string of the molecule is CC(=O)OC[C@@H]1O[C@H](O[C@@]2(COC(C)=O)O[C@H](COC(=O)C=Cc3ccc(O)cc3)[C@@H](OC(C)=O)[C@@H]2O)[C@H](O)[C@@H](OC(C)=O)[C@@H]1OC(C)=O. The van der Waals surface area contributed by atoms with Crippen molar-refractivity contribution < 1.29 is 86.7 Å². The van der Waals surface area contributed by atoms with Gasteiger partial charge in [-0.1, -0.05) is 12.1 Å². The minimum absolute atomic E-state index is 0.0183. The zero-order valence-corrected chi connectivity index (χ0v) is 27.2. The van der Waals surface area contributed by atoms with Gasteiger partial charge in [-0.05, 0) is 23.8 Å². The first-order valence-corrected chi connectivity index (χ1v) is 14.8. The van der Waals surface area contributed by atoms with Crippen LogP contribution in [0.25, 0.3) is 6.08 Å². The Balaban J connectivity index is 1.93. The van der Waals surface area contributed by atoms with Crippen molar-refractivity contribution in [3.63, 3.8) is 0 Å². The highest BCUT2D eigenvalue weighted by Crippen LogP contribution is 2.39. The highest BCUT2D eigenvalue weighted by molar-refractivity contribution is 5.87. The molecule has 1 aromatic rings. The van der Waals surface area contributed by atoms with Crippen LogP contribution in [0.3, 0.4) is 0 Å². The fourth-order valence-electron chi connectivity index (χ4n) is 4.90. The predicted octanol–water partition coefficient (Wildman–Crippen LogP) is -0.572. The number of esters is 6. The molecule has 2 fully saturated rings. The average molecular weight is 699 g/mol. The molecule has 3 rings (SSSR count). The molecule has 0 radical (unpaired) electrons. The van der Waals surface area contributed by atoms with Gasteiger partial charge in [0.15, 0.2) is 30.7 Å². The van der Waals surface area contributed by atoms with E-state index in [1.165, 1.54) is 30.3 Å². The van der Waals surface area contributed by atoms with Crippen LogP contribution in [0.15, 0.2) is 30.3 Å². The van der Waals surface area contributed by atoms with Gasteiger partial charge in [-0.15, -0.1) is 0 Å². The lowest BCUT2D eigenvalue weighted by molar-refractivity contribution is -0.384. The molecule has 0 aromatic heterocycles. The molecule has 2 saturated heterocycles. The molecule has 1 aromatic carbocycles. The van der Waals surface area contributed by atoms with Crippen molar-refractivity contribution in [3.8, 4) is 5.75 Å². The van der Waals surface area contributed by atoms with Crippen LogP contribution in [0.5, 0.6) is 5.75 Å². The summed E-state index contributed by atoms with van der Waals surface area (Å²) in [5.41, 5.74) is 0.551. The lowest BCUT2D eigenvalue weighted by Crippen LogP contribution is -2.64. The van der Waals surface area contributed by atoms with Gasteiger partial charge >= 0.3 is 35.8 Å². The third-order valence-corrected chi connectivity index (χ3v) is 6.94. The topological polar surface area (TPSA) is 246 Å². The second-order valence-electron chi connectivity index (χ2n) is 10.9. The maximum atomic E-state index is 12.5. The maximum absolute atomic E-state index is 12.5. The lowest BCUT2D eigenvalue weighted by Gasteiger charge is -2.45. The van der Waals surface area contributed by atoms with E-state index < -0.39 is 110 Å². The van der Waals surface area contributed by atoms with Crippen LogP contribution < -0.4 is 0 Å². The molecule has 2 aliphatic rings. The smallest absolute Gasteiger partial charge is 0.330 e. The summed E-state index contributed by atoms with van der Waals surface area (Å²) in [6.45, 7) is 3.03. The second kappa shape index (κ2) is 17.2. The Hall–Kier alpha value is -4.62. The number of benzene rings is 1. The largest absolute Gasteiger partial charge is 0.508 e. The van der Waals surface area contributed by atoms with Gasteiger partial charge < -0.3 is 58.0 Å². The molecule has 0 aliphatic carbocycles. The number of phenols is 1. The Bertz CT molecular complexity index is 1390. The monoisotopic (exact) mass is 698 g/mol. The molecule has 0 unspecified atom stereocenters. The fraction of sp³-hybridized carbons (Fsp3) is 0.548. The minimum atomic E-state index is -2.50. The number of phenolic OH excluding ortho intramolecular Hbond substituents is 1. The number of hydrogen-bond acceptors (Lipinski definition) is 18. The van der Waals surface area contributed by atoms with E-state index in [1.54, 1.807) is 0 Å². The van der Waals surface area contributed by atoms with E-state index in [-0.39, 0.29) is 5.75 Å². The minimum Gasteiger partial charge on any atom is -0.508 e. The number of rotatable bonds is 13. The summed E-state index contributed by atoms with van der Waals surface area (Å²) >= 11 is 0. The quantitative estimate of drug-likeness (QED) is 0.133. The molecule has 270 valence electrons. The van der Waals surface area contributed by atoms with Crippen LogP contribution in [0.1, 0.15) is 40.2 Å². The average Bonchev–Trinajstić information content (AvgIpc) is 3.26. The van der Waals surface area contributed by atoms with Crippen LogP contribution >= 0.6 is 0 Å². The molecule has 0 amide bonds. The van der Waals surface area contributed by atoms with Crippen molar-refractivity contribution in [1.82, 2.24) is 0 Å². The molecule has 3 N–H and O–H groups in total. The Morgan fingerprint density at radius 3 is 1.86 bits per heavy atom. The van der Waals surface area contributed by atoms with E-state index in [0.717, 1.165) is 40.7 Å². The lowest BCUT2D eigenvalue weighted by atomic mass is 9.98. The fourth-order valence-corrected chi connectivity index (χ4v) is 4.90. The number of carbonyl (C=O) groups is 6. The number of hydrogen-bond donors (Lipinski definition) is 3. The maximum Gasteiger partial charge on any atom is 0.330 e. The summed E-state index contributed by atoms with van der Waals surface area (Å²) in [5, 5.41) is 32.1. The van der Waals surface area contributed by atoms with Gasteiger partial charge in [0.05, 0.1) is 0 Å². The standard InChI is InChI=1S/C31H38O18/c1-15(32)41-12-22-26(44-17(3)34)28(46-19(5)36)25(39)30(47-22)49-31(14-43-16(2)33)29(40)27(45-18(4)35)23(48-31)13-42-24(38)11-8-20-6-9-21(37)10-7-20/h6-11,22-23,25-30,37,39-40H,12-14H2,1-5H3/t22-,23+,25+,26+,27+,28+,29-,30+,31+/m0/s1. The van der Waals surface area contributed by atoms with Crippen molar-refractivity contribution in [2.45, 2.75) is 89.4 Å². The molecule has 18 nitrogen and oxygen atoms in total. The molecule has 9 atom stereocenters. The molecule has 2 heterocycles. The second-order valence-corrected chi connectivity index (χ2v) is 10.9. The summed E-state index contributed by atoms with van der Waals surface area (Å²) in [6.07, 6.45) is -11.2. The van der Waals surface area contributed by atoms with E-state index in [4.69, 9.17) is 42.6 Å². The molecule has 18 heteroatoms. The number of ether oxygens (including phenoxy) is 9. The molecule has 49 heavy (non-hydrogen) atoms. The molecule has 0 bridgehead atoms. The van der Waals surface area contributed by atoms with Crippen LogP contribution in [0.2, 0.25) is 0 Å². The first kappa shape index (κ1) is 38.8. The summed E-state index contributed by atoms with van der Waals surface area (Å²) in [5.74, 6) is -7.69. The highest BCUT2D eigenvalue weighted by Gasteiger charge is 2.62. The van der Waals surface area contributed by atoms with Gasteiger partial charge in [-0.2, -0.15) is 0 Å². The summed E-state index contributed by atoms with van der Waals surface area (Å²) in [6, 6.07) is 5.88. The summed E-state index contributed by atoms with van der Waals surface area (Å²) in [4.78, 5) is 71.9.